The number of furan rings is 1. The maximum atomic E-state index is 12.9. The first-order valence-electron chi connectivity index (χ1n) is 9.33. The predicted octanol–water partition coefficient (Wildman–Crippen LogP) is 4.21. The number of nitrogens with zero attached hydrogens (tertiary/aromatic N) is 1. The summed E-state index contributed by atoms with van der Waals surface area (Å²) in [7, 11) is 1.63. The fourth-order valence-electron chi connectivity index (χ4n) is 3.78. The SMILES string of the molecule is COCc1c(C(=O)NCC(c2cccs2)N2CCCC2)oc2ccccc12. The number of para-hydroxylation sites is 1. The Bertz CT molecular complexity index is 897. The van der Waals surface area contributed by atoms with E-state index in [9.17, 15) is 4.79 Å². The third kappa shape index (κ3) is 3.78. The Morgan fingerprint density at radius 2 is 2.07 bits per heavy atom. The molecule has 4 rings (SSSR count). The number of fused-ring (bicyclic) bond motifs is 1. The number of amides is 1. The Kier molecular flexibility index (Phi) is 5.57. The summed E-state index contributed by atoms with van der Waals surface area (Å²) in [5.41, 5.74) is 1.52. The van der Waals surface area contributed by atoms with Crippen LogP contribution in [0.1, 0.15) is 39.9 Å². The molecule has 0 saturated carbocycles. The lowest BCUT2D eigenvalue weighted by atomic mass is 10.1. The summed E-state index contributed by atoms with van der Waals surface area (Å²) in [5.74, 6) is 0.170. The minimum Gasteiger partial charge on any atom is -0.451 e. The molecule has 6 heteroatoms. The van der Waals surface area contributed by atoms with Crippen LogP contribution in [0.25, 0.3) is 11.0 Å². The number of hydrogen-bond acceptors (Lipinski definition) is 5. The first kappa shape index (κ1) is 18.2. The lowest BCUT2D eigenvalue weighted by molar-refractivity contribution is 0.0906. The smallest absolute Gasteiger partial charge is 0.287 e. The van der Waals surface area contributed by atoms with Crippen molar-refractivity contribution in [2.24, 2.45) is 0 Å². The highest BCUT2D eigenvalue weighted by molar-refractivity contribution is 7.10. The molecule has 3 aromatic rings. The first-order valence-corrected chi connectivity index (χ1v) is 10.2. The number of nitrogens with one attached hydrogen (secondary N) is 1. The zero-order chi connectivity index (χ0) is 18.6. The average Bonchev–Trinajstić information content (AvgIpc) is 3.44. The Hall–Kier alpha value is -2.15. The van der Waals surface area contributed by atoms with Crippen molar-refractivity contribution in [2.45, 2.75) is 25.5 Å². The topological polar surface area (TPSA) is 54.7 Å². The van der Waals surface area contributed by atoms with Crippen LogP contribution in [-0.2, 0) is 11.3 Å². The fraction of sp³-hybridized carbons (Fsp3) is 0.381. The second-order valence-electron chi connectivity index (χ2n) is 6.82. The highest BCUT2D eigenvalue weighted by atomic mass is 32.1. The van der Waals surface area contributed by atoms with E-state index >= 15 is 0 Å². The molecule has 1 aliphatic rings. The zero-order valence-corrected chi connectivity index (χ0v) is 16.3. The van der Waals surface area contributed by atoms with Crippen molar-refractivity contribution < 1.29 is 13.9 Å². The molecule has 1 N–H and O–H groups in total. The molecule has 1 aromatic carbocycles. The van der Waals surface area contributed by atoms with E-state index in [-0.39, 0.29) is 11.9 Å². The lowest BCUT2D eigenvalue weighted by Gasteiger charge is -2.26. The van der Waals surface area contributed by atoms with Crippen molar-refractivity contribution in [3.63, 3.8) is 0 Å². The van der Waals surface area contributed by atoms with Crippen LogP contribution in [0.3, 0.4) is 0 Å². The largest absolute Gasteiger partial charge is 0.451 e. The van der Waals surface area contributed by atoms with Crippen LogP contribution in [0.5, 0.6) is 0 Å². The normalized spacial score (nSPS) is 16.0. The predicted molar refractivity (Wildman–Crippen MR) is 107 cm³/mol. The Labute approximate surface area is 162 Å². The standard InChI is InChI=1S/C21H24N2O3S/c1-25-14-16-15-7-2-3-8-18(15)26-20(16)21(24)22-13-17(19-9-6-12-27-19)23-10-4-5-11-23/h2-3,6-9,12,17H,4-5,10-11,13-14H2,1H3,(H,22,24). The van der Waals surface area contributed by atoms with Crippen LogP contribution in [0.4, 0.5) is 0 Å². The number of rotatable bonds is 7. The van der Waals surface area contributed by atoms with Gasteiger partial charge in [0.25, 0.3) is 5.91 Å². The number of likely N-dealkylation sites (tertiary alicyclic amines) is 1. The van der Waals surface area contributed by atoms with Crippen LogP contribution in [0, 0.1) is 0 Å². The summed E-state index contributed by atoms with van der Waals surface area (Å²) in [5, 5.41) is 6.12. The Morgan fingerprint density at radius 1 is 1.26 bits per heavy atom. The van der Waals surface area contributed by atoms with Gasteiger partial charge in [-0.15, -0.1) is 11.3 Å². The molecule has 3 heterocycles. The second-order valence-corrected chi connectivity index (χ2v) is 7.80. The van der Waals surface area contributed by atoms with Crippen molar-refractivity contribution >= 4 is 28.2 Å². The van der Waals surface area contributed by atoms with Gasteiger partial charge in [-0.2, -0.15) is 0 Å². The summed E-state index contributed by atoms with van der Waals surface area (Å²) in [6.07, 6.45) is 2.44. The summed E-state index contributed by atoms with van der Waals surface area (Å²) in [4.78, 5) is 16.7. The molecule has 0 radical (unpaired) electrons. The minimum atomic E-state index is -0.181. The molecule has 1 aliphatic heterocycles. The highest BCUT2D eigenvalue weighted by Gasteiger charge is 2.26. The second kappa shape index (κ2) is 8.25. The number of benzene rings is 1. The van der Waals surface area contributed by atoms with Crippen LogP contribution >= 0.6 is 11.3 Å². The maximum absolute atomic E-state index is 12.9. The maximum Gasteiger partial charge on any atom is 0.287 e. The third-order valence-electron chi connectivity index (χ3n) is 5.10. The van der Waals surface area contributed by atoms with Crippen molar-refractivity contribution in [2.75, 3.05) is 26.7 Å². The average molecular weight is 385 g/mol. The Balaban J connectivity index is 1.54. The van der Waals surface area contributed by atoms with E-state index in [4.69, 9.17) is 9.15 Å². The van der Waals surface area contributed by atoms with Gasteiger partial charge in [0.15, 0.2) is 5.76 Å². The number of carbonyl (C=O) groups is 1. The molecule has 2 aromatic heterocycles. The van der Waals surface area contributed by atoms with Gasteiger partial charge in [-0.05, 0) is 43.4 Å². The lowest BCUT2D eigenvalue weighted by Crippen LogP contribution is -2.36. The molecule has 1 saturated heterocycles. The molecule has 1 atom stereocenters. The van der Waals surface area contributed by atoms with Gasteiger partial charge in [0, 0.05) is 29.5 Å². The van der Waals surface area contributed by atoms with E-state index < -0.39 is 0 Å². The van der Waals surface area contributed by atoms with E-state index in [2.05, 4.69) is 27.7 Å². The van der Waals surface area contributed by atoms with Gasteiger partial charge in [0.1, 0.15) is 5.58 Å². The molecule has 0 bridgehead atoms. The number of ether oxygens (including phenoxy) is 1. The van der Waals surface area contributed by atoms with Gasteiger partial charge >= 0.3 is 0 Å². The number of hydrogen-bond donors (Lipinski definition) is 1. The highest BCUT2D eigenvalue weighted by Crippen LogP contribution is 2.29. The van der Waals surface area contributed by atoms with Crippen molar-refractivity contribution in [3.05, 3.63) is 58.0 Å². The molecule has 0 aliphatic carbocycles. The van der Waals surface area contributed by atoms with Crippen LogP contribution in [0.15, 0.2) is 46.2 Å². The van der Waals surface area contributed by atoms with Gasteiger partial charge < -0.3 is 14.5 Å². The van der Waals surface area contributed by atoms with E-state index in [1.54, 1.807) is 18.4 Å². The minimum absolute atomic E-state index is 0.181. The van der Waals surface area contributed by atoms with Crippen molar-refractivity contribution in [3.8, 4) is 0 Å². The summed E-state index contributed by atoms with van der Waals surface area (Å²) < 4.78 is 11.2. The third-order valence-corrected chi connectivity index (χ3v) is 6.08. The van der Waals surface area contributed by atoms with Crippen molar-refractivity contribution in [1.82, 2.24) is 10.2 Å². The number of methoxy groups -OCH3 is 1. The van der Waals surface area contributed by atoms with Crippen LogP contribution in [-0.4, -0.2) is 37.6 Å². The molecule has 1 fully saturated rings. The molecule has 27 heavy (non-hydrogen) atoms. The van der Waals surface area contributed by atoms with Gasteiger partial charge in [-0.25, -0.2) is 0 Å². The molecular weight excluding hydrogens is 360 g/mol. The number of thiophene rings is 1. The molecule has 142 valence electrons. The number of carbonyl (C=O) groups excluding carboxylic acids is 1. The van der Waals surface area contributed by atoms with Crippen LogP contribution in [0.2, 0.25) is 0 Å². The van der Waals surface area contributed by atoms with Gasteiger partial charge in [-0.3, -0.25) is 9.69 Å². The quantitative estimate of drug-likeness (QED) is 0.663. The van der Waals surface area contributed by atoms with E-state index in [0.717, 1.165) is 24.0 Å². The molecule has 5 nitrogen and oxygen atoms in total. The van der Waals surface area contributed by atoms with Gasteiger partial charge in [-0.1, -0.05) is 24.3 Å². The monoisotopic (exact) mass is 384 g/mol. The zero-order valence-electron chi connectivity index (χ0n) is 15.4. The van der Waals surface area contributed by atoms with Crippen LogP contribution < -0.4 is 5.32 Å². The molecule has 1 unspecified atom stereocenters. The Morgan fingerprint density at radius 3 is 2.81 bits per heavy atom. The van der Waals surface area contributed by atoms with Crippen molar-refractivity contribution in [1.29, 1.82) is 0 Å². The van der Waals surface area contributed by atoms with E-state index in [1.165, 1.54) is 17.7 Å². The molecule has 1 amide bonds. The van der Waals surface area contributed by atoms with E-state index in [0.29, 0.717) is 24.5 Å². The first-order chi connectivity index (χ1) is 13.3. The van der Waals surface area contributed by atoms with Gasteiger partial charge in [0.05, 0.1) is 12.6 Å². The van der Waals surface area contributed by atoms with Gasteiger partial charge in [0.2, 0.25) is 0 Å². The fourth-order valence-corrected chi connectivity index (χ4v) is 4.64. The summed E-state index contributed by atoms with van der Waals surface area (Å²) >= 11 is 1.74. The molecule has 0 spiro atoms. The summed E-state index contributed by atoms with van der Waals surface area (Å²) in [6, 6.07) is 12.1. The summed E-state index contributed by atoms with van der Waals surface area (Å²) in [6.45, 7) is 3.08. The molecular formula is C21H24N2O3S. The van der Waals surface area contributed by atoms with E-state index in [1.807, 2.05) is 24.3 Å².